The normalized spacial score (nSPS) is 21.4. The summed E-state index contributed by atoms with van der Waals surface area (Å²) in [6, 6.07) is 5.54. The van der Waals surface area contributed by atoms with E-state index in [9.17, 15) is 9.59 Å². The highest BCUT2D eigenvalue weighted by molar-refractivity contribution is 5.99. The number of hydrogen-bond acceptors (Lipinski definition) is 5. The summed E-state index contributed by atoms with van der Waals surface area (Å²) in [6.07, 6.45) is 0.194. The fraction of sp³-hybridized carbons (Fsp3) is 0.500. The Kier molecular flexibility index (Phi) is 4.69. The van der Waals surface area contributed by atoms with E-state index < -0.39 is 5.60 Å². The number of benzene rings is 1. The molecule has 0 spiro atoms. The second kappa shape index (κ2) is 6.67. The van der Waals surface area contributed by atoms with E-state index in [0.29, 0.717) is 35.3 Å². The largest absolute Gasteiger partial charge is 0.493 e. The zero-order valence-electron chi connectivity index (χ0n) is 15.8. The van der Waals surface area contributed by atoms with Gasteiger partial charge in [-0.05, 0) is 37.5 Å². The van der Waals surface area contributed by atoms with Crippen LogP contribution in [0.3, 0.4) is 0 Å². The Labute approximate surface area is 153 Å². The molecule has 0 aromatic heterocycles. The number of carbonyl (C=O) groups is 2. The Morgan fingerprint density at radius 3 is 2.65 bits per heavy atom. The summed E-state index contributed by atoms with van der Waals surface area (Å²) in [7, 11) is 1.58. The van der Waals surface area contributed by atoms with Crippen LogP contribution >= 0.6 is 0 Å². The molecule has 0 aliphatic carbocycles. The van der Waals surface area contributed by atoms with Gasteiger partial charge in [0, 0.05) is 12.3 Å². The van der Waals surface area contributed by atoms with E-state index in [1.807, 2.05) is 18.2 Å². The number of esters is 1. The van der Waals surface area contributed by atoms with Crippen molar-refractivity contribution in [1.29, 1.82) is 0 Å². The second-order valence-corrected chi connectivity index (χ2v) is 7.61. The van der Waals surface area contributed by atoms with Gasteiger partial charge in [-0.2, -0.15) is 0 Å². The van der Waals surface area contributed by atoms with Crippen molar-refractivity contribution in [3.63, 3.8) is 0 Å². The Morgan fingerprint density at radius 1 is 1.27 bits per heavy atom. The van der Waals surface area contributed by atoms with Gasteiger partial charge in [0.25, 0.3) is 0 Å². The number of methoxy groups -OCH3 is 1. The molecule has 26 heavy (non-hydrogen) atoms. The molecule has 140 valence electrons. The van der Waals surface area contributed by atoms with Gasteiger partial charge in [0.15, 0.2) is 11.5 Å². The molecular formula is C20H25NO5. The molecule has 2 aliphatic heterocycles. The quantitative estimate of drug-likeness (QED) is 0.818. The Balaban J connectivity index is 1.98. The van der Waals surface area contributed by atoms with Crippen molar-refractivity contribution in [2.75, 3.05) is 13.7 Å². The molecule has 0 fully saturated rings. The van der Waals surface area contributed by atoms with E-state index in [1.165, 1.54) is 0 Å². The van der Waals surface area contributed by atoms with Crippen LogP contribution in [0.2, 0.25) is 0 Å². The second-order valence-electron chi connectivity index (χ2n) is 7.61. The van der Waals surface area contributed by atoms with Crippen LogP contribution in [0.4, 0.5) is 0 Å². The van der Waals surface area contributed by atoms with Crippen LogP contribution in [-0.4, -0.2) is 31.2 Å². The van der Waals surface area contributed by atoms with E-state index >= 15 is 0 Å². The fourth-order valence-electron chi connectivity index (χ4n) is 3.34. The summed E-state index contributed by atoms with van der Waals surface area (Å²) < 4.78 is 16.7. The average molecular weight is 359 g/mol. The minimum atomic E-state index is -0.828. The van der Waals surface area contributed by atoms with Gasteiger partial charge in [0.1, 0.15) is 5.60 Å². The number of nitrogens with one attached hydrogen (secondary N) is 1. The molecule has 2 aliphatic rings. The summed E-state index contributed by atoms with van der Waals surface area (Å²) in [5.41, 5.74) is 1.08. The van der Waals surface area contributed by atoms with Gasteiger partial charge >= 0.3 is 5.97 Å². The summed E-state index contributed by atoms with van der Waals surface area (Å²) in [4.78, 5) is 24.6. The highest BCUT2D eigenvalue weighted by Crippen LogP contribution is 2.44. The van der Waals surface area contributed by atoms with Crippen LogP contribution in [0.25, 0.3) is 0 Å². The van der Waals surface area contributed by atoms with Gasteiger partial charge in [-0.25, -0.2) is 4.79 Å². The van der Waals surface area contributed by atoms with E-state index in [4.69, 9.17) is 14.2 Å². The van der Waals surface area contributed by atoms with Crippen molar-refractivity contribution in [2.24, 2.45) is 5.92 Å². The van der Waals surface area contributed by atoms with Crippen molar-refractivity contribution in [1.82, 2.24) is 5.32 Å². The molecule has 1 amide bonds. The van der Waals surface area contributed by atoms with Crippen molar-refractivity contribution in [2.45, 2.75) is 45.6 Å². The first-order valence-electron chi connectivity index (χ1n) is 8.81. The van der Waals surface area contributed by atoms with Crippen molar-refractivity contribution >= 4 is 11.9 Å². The van der Waals surface area contributed by atoms with Crippen LogP contribution in [0.5, 0.6) is 11.5 Å². The van der Waals surface area contributed by atoms with Crippen molar-refractivity contribution < 1.29 is 23.8 Å². The number of carbonyl (C=O) groups excluding carboxylic acids is 2. The van der Waals surface area contributed by atoms with Gasteiger partial charge in [0.05, 0.1) is 25.0 Å². The maximum atomic E-state index is 12.4. The lowest BCUT2D eigenvalue weighted by Crippen LogP contribution is -2.38. The van der Waals surface area contributed by atoms with E-state index in [0.717, 1.165) is 5.56 Å². The zero-order chi connectivity index (χ0) is 19.1. The van der Waals surface area contributed by atoms with Crippen LogP contribution in [0.1, 0.15) is 45.6 Å². The van der Waals surface area contributed by atoms with Gasteiger partial charge in [0.2, 0.25) is 5.91 Å². The van der Waals surface area contributed by atoms with Gasteiger partial charge in [-0.1, -0.05) is 19.9 Å². The van der Waals surface area contributed by atoms with Crippen LogP contribution < -0.4 is 14.8 Å². The maximum Gasteiger partial charge on any atom is 0.337 e. The molecule has 0 saturated carbocycles. The molecule has 6 heteroatoms. The molecule has 1 aromatic carbocycles. The molecule has 2 heterocycles. The predicted molar refractivity (Wildman–Crippen MR) is 96.0 cm³/mol. The molecule has 6 nitrogen and oxygen atoms in total. The monoisotopic (exact) mass is 359 g/mol. The molecule has 0 unspecified atom stereocenters. The molecule has 3 rings (SSSR count). The fourth-order valence-corrected chi connectivity index (χ4v) is 3.34. The Bertz CT molecular complexity index is 778. The summed E-state index contributed by atoms with van der Waals surface area (Å²) >= 11 is 0. The first-order chi connectivity index (χ1) is 12.2. The first-order valence-corrected chi connectivity index (χ1v) is 8.81. The molecule has 1 atom stereocenters. The summed E-state index contributed by atoms with van der Waals surface area (Å²) in [6.45, 7) is 8.28. The minimum absolute atomic E-state index is 0.126. The average Bonchev–Trinajstić information content (AvgIpc) is 2.81. The number of hydrogen-bond donors (Lipinski definition) is 1. The van der Waals surface area contributed by atoms with Crippen LogP contribution in [-0.2, 0) is 14.3 Å². The topological polar surface area (TPSA) is 73.9 Å². The number of ether oxygens (including phenoxy) is 3. The van der Waals surface area contributed by atoms with Crippen molar-refractivity contribution in [3.8, 4) is 11.5 Å². The number of cyclic esters (lactones) is 1. The first kappa shape index (κ1) is 18.3. The summed E-state index contributed by atoms with van der Waals surface area (Å²) in [5, 5.41) is 2.81. The Morgan fingerprint density at radius 2 is 2.00 bits per heavy atom. The zero-order valence-corrected chi connectivity index (χ0v) is 15.8. The van der Waals surface area contributed by atoms with Gasteiger partial charge < -0.3 is 19.5 Å². The third-order valence-corrected chi connectivity index (χ3v) is 4.60. The molecular weight excluding hydrogens is 334 g/mol. The molecule has 1 aromatic rings. The van der Waals surface area contributed by atoms with E-state index in [2.05, 4.69) is 19.2 Å². The number of rotatable bonds is 5. The standard InChI is InChI=1S/C20H25NO5/c1-11(2)10-25-14-7-6-12(8-15(14)24-5)13-9-16(22)21-18-17(13)19(23)26-20(18,3)4/h6-8,11,13H,9-10H2,1-5H3,(H,21,22)/t13-/m0/s1. The number of amides is 1. The van der Waals surface area contributed by atoms with E-state index in [1.54, 1.807) is 21.0 Å². The van der Waals surface area contributed by atoms with Gasteiger partial charge in [-0.3, -0.25) is 4.79 Å². The lowest BCUT2D eigenvalue weighted by Gasteiger charge is -2.27. The van der Waals surface area contributed by atoms with Gasteiger partial charge in [-0.15, -0.1) is 0 Å². The van der Waals surface area contributed by atoms with Crippen LogP contribution in [0, 0.1) is 5.92 Å². The third kappa shape index (κ3) is 3.28. The minimum Gasteiger partial charge on any atom is -0.493 e. The lowest BCUT2D eigenvalue weighted by molar-refractivity contribution is -0.144. The highest BCUT2D eigenvalue weighted by atomic mass is 16.6. The third-order valence-electron chi connectivity index (χ3n) is 4.60. The highest BCUT2D eigenvalue weighted by Gasteiger charge is 2.47. The molecule has 1 N–H and O–H groups in total. The predicted octanol–water partition coefficient (Wildman–Crippen LogP) is 2.92. The van der Waals surface area contributed by atoms with Crippen molar-refractivity contribution in [3.05, 3.63) is 35.0 Å². The maximum absolute atomic E-state index is 12.4. The Hall–Kier alpha value is -2.50. The smallest absolute Gasteiger partial charge is 0.337 e. The molecule has 0 radical (unpaired) electrons. The SMILES string of the molecule is COc1cc([C@@H]2CC(=O)NC3=C2C(=O)OC3(C)C)ccc1OCC(C)C. The van der Waals surface area contributed by atoms with E-state index in [-0.39, 0.29) is 24.2 Å². The molecule has 0 saturated heterocycles. The lowest BCUT2D eigenvalue weighted by atomic mass is 9.82. The van der Waals surface area contributed by atoms with Crippen LogP contribution in [0.15, 0.2) is 29.5 Å². The summed E-state index contributed by atoms with van der Waals surface area (Å²) in [5.74, 6) is 0.759. The molecule has 0 bridgehead atoms.